The molecule has 0 radical (unpaired) electrons. The Kier molecular flexibility index (Phi) is 6.43. The second kappa shape index (κ2) is 8.56. The molecular formula is C18H20N2O7. The van der Waals surface area contributed by atoms with Crippen LogP contribution in [0.15, 0.2) is 36.4 Å². The average molecular weight is 376 g/mol. The molecule has 0 spiro atoms. The molecule has 2 N–H and O–H groups in total. The first-order chi connectivity index (χ1) is 12.8. The van der Waals surface area contributed by atoms with Gasteiger partial charge in [-0.1, -0.05) is 13.8 Å². The van der Waals surface area contributed by atoms with Crippen molar-refractivity contribution in [3.8, 4) is 11.5 Å². The first-order valence-electron chi connectivity index (χ1n) is 8.39. The molecule has 9 nitrogen and oxygen atoms in total. The summed E-state index contributed by atoms with van der Waals surface area (Å²) in [5, 5.41) is 42.4. The molecule has 144 valence electrons. The molecule has 27 heavy (non-hydrogen) atoms. The SMILES string of the molecule is CCC(O)c1cc([N+](=O)[O-])ccc1Oc1ccc([N+](=O)[O-])cc1C(O)CC. The second-order valence-electron chi connectivity index (χ2n) is 5.91. The van der Waals surface area contributed by atoms with Crippen LogP contribution in [0.25, 0.3) is 0 Å². The minimum Gasteiger partial charge on any atom is -0.457 e. The molecule has 0 saturated carbocycles. The fourth-order valence-corrected chi connectivity index (χ4v) is 2.56. The topological polar surface area (TPSA) is 136 Å². The van der Waals surface area contributed by atoms with Crippen LogP contribution in [0, 0.1) is 20.2 Å². The van der Waals surface area contributed by atoms with Gasteiger partial charge in [0.25, 0.3) is 11.4 Å². The molecule has 0 saturated heterocycles. The van der Waals surface area contributed by atoms with Crippen molar-refractivity contribution in [1.82, 2.24) is 0 Å². The van der Waals surface area contributed by atoms with Gasteiger partial charge < -0.3 is 14.9 Å². The van der Waals surface area contributed by atoms with E-state index < -0.39 is 22.1 Å². The van der Waals surface area contributed by atoms with Gasteiger partial charge >= 0.3 is 0 Å². The molecule has 9 heteroatoms. The van der Waals surface area contributed by atoms with E-state index in [1.807, 2.05) is 0 Å². The Labute approximate surface area is 155 Å². The van der Waals surface area contributed by atoms with E-state index in [9.17, 15) is 30.4 Å². The number of aliphatic hydroxyl groups is 2. The van der Waals surface area contributed by atoms with Gasteiger partial charge in [0.15, 0.2) is 0 Å². The summed E-state index contributed by atoms with van der Waals surface area (Å²) in [6.45, 7) is 3.43. The number of nitrogens with zero attached hydrogens (tertiary/aromatic N) is 2. The molecule has 0 aromatic heterocycles. The summed E-state index contributed by atoms with van der Waals surface area (Å²) in [5.41, 5.74) is 0.0636. The van der Waals surface area contributed by atoms with Crippen LogP contribution in [0.2, 0.25) is 0 Å². The fourth-order valence-electron chi connectivity index (χ4n) is 2.56. The Morgan fingerprint density at radius 3 is 1.52 bits per heavy atom. The first kappa shape index (κ1) is 20.3. The third kappa shape index (κ3) is 4.57. The Morgan fingerprint density at radius 1 is 0.852 bits per heavy atom. The lowest BCUT2D eigenvalue weighted by molar-refractivity contribution is -0.385. The normalized spacial score (nSPS) is 13.0. The summed E-state index contributed by atoms with van der Waals surface area (Å²) < 4.78 is 5.79. The van der Waals surface area contributed by atoms with Crippen LogP contribution >= 0.6 is 0 Å². The maximum absolute atomic E-state index is 11.0. The predicted molar refractivity (Wildman–Crippen MR) is 96.8 cm³/mol. The number of ether oxygens (including phenoxy) is 1. The van der Waals surface area contributed by atoms with Gasteiger partial charge in [0.1, 0.15) is 11.5 Å². The van der Waals surface area contributed by atoms with E-state index >= 15 is 0 Å². The largest absolute Gasteiger partial charge is 0.457 e. The predicted octanol–water partition coefficient (Wildman–Crippen LogP) is 4.18. The second-order valence-corrected chi connectivity index (χ2v) is 5.91. The molecule has 0 aliphatic rings. The standard InChI is InChI=1S/C18H20N2O7/c1-3-15(21)13-9-11(19(23)24)5-7-17(13)27-18-8-6-12(20(25)26)10-14(18)16(22)4-2/h5-10,15-16,21-22H,3-4H2,1-2H3. The Hall–Kier alpha value is -3.04. The lowest BCUT2D eigenvalue weighted by Gasteiger charge is -2.18. The van der Waals surface area contributed by atoms with E-state index in [2.05, 4.69) is 0 Å². The van der Waals surface area contributed by atoms with E-state index in [1.54, 1.807) is 13.8 Å². The van der Waals surface area contributed by atoms with Gasteiger partial charge in [-0.3, -0.25) is 20.2 Å². The third-order valence-electron chi connectivity index (χ3n) is 4.12. The van der Waals surface area contributed by atoms with Gasteiger partial charge in [-0.2, -0.15) is 0 Å². The van der Waals surface area contributed by atoms with Crippen LogP contribution in [-0.4, -0.2) is 20.1 Å². The molecule has 2 aromatic rings. The number of nitro benzene ring substituents is 2. The van der Waals surface area contributed by atoms with Crippen molar-refractivity contribution in [2.75, 3.05) is 0 Å². The monoisotopic (exact) mass is 376 g/mol. The van der Waals surface area contributed by atoms with Gasteiger partial charge in [0, 0.05) is 35.4 Å². The highest BCUT2D eigenvalue weighted by atomic mass is 16.6. The zero-order valence-corrected chi connectivity index (χ0v) is 14.9. The maximum Gasteiger partial charge on any atom is 0.270 e. The van der Waals surface area contributed by atoms with Crippen molar-refractivity contribution >= 4 is 11.4 Å². The molecule has 2 aromatic carbocycles. The van der Waals surface area contributed by atoms with Crippen LogP contribution in [0.4, 0.5) is 11.4 Å². The van der Waals surface area contributed by atoms with Crippen molar-refractivity contribution in [3.63, 3.8) is 0 Å². The molecule has 2 rings (SSSR count). The number of rotatable bonds is 8. The molecule has 0 aliphatic heterocycles. The highest BCUT2D eigenvalue weighted by Gasteiger charge is 2.21. The van der Waals surface area contributed by atoms with Crippen LogP contribution in [0.5, 0.6) is 11.5 Å². The molecule has 0 fully saturated rings. The van der Waals surface area contributed by atoms with E-state index in [0.29, 0.717) is 12.8 Å². The molecule has 0 heterocycles. The van der Waals surface area contributed by atoms with Gasteiger partial charge in [0.2, 0.25) is 0 Å². The molecule has 0 bridgehead atoms. The van der Waals surface area contributed by atoms with Crippen molar-refractivity contribution < 1.29 is 24.8 Å². The molecule has 0 amide bonds. The quantitative estimate of drug-likeness (QED) is 0.521. The highest BCUT2D eigenvalue weighted by Crippen LogP contribution is 2.38. The van der Waals surface area contributed by atoms with Crippen LogP contribution < -0.4 is 4.74 Å². The zero-order chi connectivity index (χ0) is 20.1. The number of hydrogen-bond donors (Lipinski definition) is 2. The van der Waals surface area contributed by atoms with Crippen molar-refractivity contribution in [2.24, 2.45) is 0 Å². The summed E-state index contributed by atoms with van der Waals surface area (Å²) in [6, 6.07) is 7.65. The van der Waals surface area contributed by atoms with Crippen LogP contribution in [-0.2, 0) is 0 Å². The Balaban J connectivity index is 2.52. The summed E-state index contributed by atoms with van der Waals surface area (Å²) in [4.78, 5) is 20.9. The molecule has 2 atom stereocenters. The van der Waals surface area contributed by atoms with Crippen molar-refractivity contribution in [3.05, 3.63) is 67.8 Å². The number of nitro groups is 2. The minimum absolute atomic E-state index is 0.174. The zero-order valence-electron chi connectivity index (χ0n) is 14.9. The molecule has 2 unspecified atom stereocenters. The number of aliphatic hydroxyl groups excluding tert-OH is 2. The van der Waals surface area contributed by atoms with Gasteiger partial charge in [-0.25, -0.2) is 0 Å². The third-order valence-corrected chi connectivity index (χ3v) is 4.12. The summed E-state index contributed by atoms with van der Waals surface area (Å²) in [5.74, 6) is 0.349. The highest BCUT2D eigenvalue weighted by molar-refractivity contribution is 5.50. The van der Waals surface area contributed by atoms with Crippen molar-refractivity contribution in [1.29, 1.82) is 0 Å². The minimum atomic E-state index is -0.988. The first-order valence-corrected chi connectivity index (χ1v) is 8.39. The number of non-ortho nitro benzene ring substituents is 2. The Bertz CT molecular complexity index is 784. The van der Waals surface area contributed by atoms with Crippen LogP contribution in [0.1, 0.15) is 50.0 Å². The maximum atomic E-state index is 11.0. The lowest BCUT2D eigenvalue weighted by atomic mass is 10.0. The van der Waals surface area contributed by atoms with Gasteiger partial charge in [0.05, 0.1) is 22.1 Å². The summed E-state index contributed by atoms with van der Waals surface area (Å²) in [6.07, 6.45) is -1.36. The Morgan fingerprint density at radius 2 is 1.22 bits per heavy atom. The number of benzene rings is 2. The van der Waals surface area contributed by atoms with E-state index in [-0.39, 0.29) is 34.0 Å². The fraction of sp³-hybridized carbons (Fsp3) is 0.333. The van der Waals surface area contributed by atoms with Crippen LogP contribution in [0.3, 0.4) is 0 Å². The van der Waals surface area contributed by atoms with E-state index in [1.165, 1.54) is 36.4 Å². The average Bonchev–Trinajstić information content (AvgIpc) is 2.66. The summed E-state index contributed by atoms with van der Waals surface area (Å²) in [7, 11) is 0. The van der Waals surface area contributed by atoms with Gasteiger partial charge in [-0.15, -0.1) is 0 Å². The van der Waals surface area contributed by atoms with E-state index in [4.69, 9.17) is 4.74 Å². The van der Waals surface area contributed by atoms with Gasteiger partial charge in [-0.05, 0) is 25.0 Å². The molecular weight excluding hydrogens is 356 g/mol. The smallest absolute Gasteiger partial charge is 0.270 e. The van der Waals surface area contributed by atoms with Crippen molar-refractivity contribution in [2.45, 2.75) is 38.9 Å². The van der Waals surface area contributed by atoms with E-state index in [0.717, 1.165) is 0 Å². The lowest BCUT2D eigenvalue weighted by Crippen LogP contribution is -2.04. The summed E-state index contributed by atoms with van der Waals surface area (Å²) >= 11 is 0. The molecule has 0 aliphatic carbocycles. The number of hydrogen-bond acceptors (Lipinski definition) is 7.